The lowest BCUT2D eigenvalue weighted by Gasteiger charge is -2.18. The summed E-state index contributed by atoms with van der Waals surface area (Å²) in [7, 11) is 4.53. The number of rotatable bonds is 8. The first kappa shape index (κ1) is 28.0. The van der Waals surface area contributed by atoms with Crippen LogP contribution in [0.5, 0.6) is 40.2 Å². The van der Waals surface area contributed by atoms with Gasteiger partial charge in [-0.3, -0.25) is 4.79 Å². The monoisotopic (exact) mass is 568 g/mol. The maximum Gasteiger partial charge on any atom is 0.204 e. The average Bonchev–Trinajstić information content (AvgIpc) is 2.99. The van der Waals surface area contributed by atoms with Gasteiger partial charge in [0.25, 0.3) is 0 Å². The molecule has 0 aliphatic heterocycles. The van der Waals surface area contributed by atoms with E-state index < -0.39 is 11.3 Å². The highest BCUT2D eigenvalue weighted by Crippen LogP contribution is 2.41. The van der Waals surface area contributed by atoms with E-state index >= 15 is 0 Å². The first-order chi connectivity index (χ1) is 20.2. The van der Waals surface area contributed by atoms with Crippen LogP contribution < -0.4 is 19.6 Å². The second kappa shape index (κ2) is 11.5. The number of hydrogen-bond donors (Lipinski definition) is 4. The Balaban J connectivity index is 1.68. The lowest BCUT2D eigenvalue weighted by molar-refractivity contribution is 0.393. The number of aromatic hydroxyl groups is 4. The van der Waals surface area contributed by atoms with Crippen LogP contribution in [0, 0.1) is 0 Å². The van der Waals surface area contributed by atoms with Crippen LogP contribution in [0.4, 0.5) is 0 Å². The van der Waals surface area contributed by atoms with Crippen molar-refractivity contribution in [2.45, 2.75) is 5.92 Å². The molecule has 0 fully saturated rings. The number of phenols is 4. The number of allylic oxidation sites excluding steroid dienone is 1. The van der Waals surface area contributed by atoms with E-state index in [1.807, 2.05) is 18.2 Å². The van der Waals surface area contributed by atoms with Crippen molar-refractivity contribution in [2.75, 3.05) is 21.3 Å². The molecule has 42 heavy (non-hydrogen) atoms. The summed E-state index contributed by atoms with van der Waals surface area (Å²) in [6.45, 7) is 0. The van der Waals surface area contributed by atoms with Crippen LogP contribution in [0.3, 0.4) is 0 Å². The highest BCUT2D eigenvalue weighted by atomic mass is 16.5. The maximum absolute atomic E-state index is 13.5. The Morgan fingerprint density at radius 3 is 2.17 bits per heavy atom. The Morgan fingerprint density at radius 1 is 0.738 bits per heavy atom. The molecule has 0 saturated carbocycles. The second-order valence-electron chi connectivity index (χ2n) is 9.46. The van der Waals surface area contributed by atoms with E-state index in [0.717, 1.165) is 11.6 Å². The molecule has 0 radical (unpaired) electrons. The fourth-order valence-corrected chi connectivity index (χ4v) is 4.80. The average molecular weight is 569 g/mol. The molecule has 0 amide bonds. The van der Waals surface area contributed by atoms with Gasteiger partial charge in [0.15, 0.2) is 0 Å². The molecule has 4 N–H and O–H groups in total. The standard InChI is InChI=1S/C33H28O9/c1-39-21-10-6-19(30(13-21)41-3)7-11-23(18-4-8-20(34)9-5-18)24-15-25(28(36)16-27(24)35)26-17-42-31-14-22(40-2)12-29(37)32(31)33(26)38/h4-17,23,34-37H,1-3H3/b11-7+/t23-/m1/s1. The summed E-state index contributed by atoms with van der Waals surface area (Å²) in [5.41, 5.74) is 1.40. The number of methoxy groups -OCH3 is 3. The van der Waals surface area contributed by atoms with Gasteiger partial charge in [-0.1, -0.05) is 24.3 Å². The van der Waals surface area contributed by atoms with Gasteiger partial charge in [-0.2, -0.15) is 0 Å². The molecule has 0 bridgehead atoms. The predicted octanol–water partition coefficient (Wildman–Crippen LogP) is 6.15. The molecule has 4 aromatic carbocycles. The normalized spacial score (nSPS) is 12.0. The van der Waals surface area contributed by atoms with Gasteiger partial charge in [0.2, 0.25) is 5.43 Å². The van der Waals surface area contributed by atoms with Crippen LogP contribution >= 0.6 is 0 Å². The van der Waals surface area contributed by atoms with Crippen LogP contribution in [0.25, 0.3) is 28.2 Å². The van der Waals surface area contributed by atoms with E-state index in [0.29, 0.717) is 28.4 Å². The molecule has 214 valence electrons. The summed E-state index contributed by atoms with van der Waals surface area (Å²) >= 11 is 0. The largest absolute Gasteiger partial charge is 0.508 e. The number of hydrogen-bond acceptors (Lipinski definition) is 9. The molecule has 0 aliphatic carbocycles. The lowest BCUT2D eigenvalue weighted by atomic mass is 9.87. The van der Waals surface area contributed by atoms with Gasteiger partial charge >= 0.3 is 0 Å². The zero-order valence-electron chi connectivity index (χ0n) is 23.0. The quantitative estimate of drug-likeness (QED) is 0.173. The molecule has 1 aromatic heterocycles. The van der Waals surface area contributed by atoms with E-state index in [9.17, 15) is 25.2 Å². The molecule has 9 heteroatoms. The van der Waals surface area contributed by atoms with Crippen LogP contribution in [-0.4, -0.2) is 41.8 Å². The molecule has 1 atom stereocenters. The molecule has 5 rings (SSSR count). The minimum atomic E-state index is -0.595. The van der Waals surface area contributed by atoms with Crippen LogP contribution in [0.15, 0.2) is 88.3 Å². The molecular weight excluding hydrogens is 540 g/mol. The fraction of sp³-hybridized carbons (Fsp3) is 0.121. The maximum atomic E-state index is 13.5. The molecule has 0 unspecified atom stereocenters. The molecule has 5 aromatic rings. The van der Waals surface area contributed by atoms with Gasteiger partial charge in [0.1, 0.15) is 57.5 Å². The summed E-state index contributed by atoms with van der Waals surface area (Å²) in [5, 5.41) is 42.2. The molecular formula is C33H28O9. The van der Waals surface area contributed by atoms with Gasteiger partial charge < -0.3 is 39.1 Å². The summed E-state index contributed by atoms with van der Waals surface area (Å²) < 4.78 is 21.6. The highest BCUT2D eigenvalue weighted by molar-refractivity contribution is 5.89. The van der Waals surface area contributed by atoms with E-state index in [2.05, 4.69) is 0 Å². The highest BCUT2D eigenvalue weighted by Gasteiger charge is 2.22. The first-order valence-electron chi connectivity index (χ1n) is 12.8. The number of phenolic OH excluding ortho intramolecular Hbond substituents is 4. The Morgan fingerprint density at radius 2 is 1.48 bits per heavy atom. The number of benzene rings is 4. The SMILES string of the molecule is COc1ccc(/C=C/[C@H](c2ccc(O)cc2)c2cc(-c3coc4cc(OC)cc(O)c4c3=O)c(O)cc2O)c(OC)c1. The van der Waals surface area contributed by atoms with Gasteiger partial charge in [-0.05, 0) is 35.9 Å². The summed E-state index contributed by atoms with van der Waals surface area (Å²) in [6, 6.07) is 17.2. The Labute approximate surface area is 240 Å². The third-order valence-corrected chi connectivity index (χ3v) is 7.00. The molecule has 0 saturated heterocycles. The minimum Gasteiger partial charge on any atom is -0.508 e. The van der Waals surface area contributed by atoms with Crippen molar-refractivity contribution in [1.29, 1.82) is 0 Å². The predicted molar refractivity (Wildman–Crippen MR) is 158 cm³/mol. The van der Waals surface area contributed by atoms with Crippen LogP contribution in [0.2, 0.25) is 0 Å². The van der Waals surface area contributed by atoms with E-state index in [4.69, 9.17) is 18.6 Å². The van der Waals surface area contributed by atoms with Crippen molar-refractivity contribution in [2.24, 2.45) is 0 Å². The smallest absolute Gasteiger partial charge is 0.204 e. The number of fused-ring (bicyclic) bond motifs is 1. The van der Waals surface area contributed by atoms with E-state index in [1.165, 1.54) is 43.7 Å². The Hall–Kier alpha value is -5.57. The zero-order chi connectivity index (χ0) is 30.0. The van der Waals surface area contributed by atoms with Gasteiger partial charge in [0, 0.05) is 46.9 Å². The van der Waals surface area contributed by atoms with Crippen molar-refractivity contribution >= 4 is 17.0 Å². The van der Waals surface area contributed by atoms with Gasteiger partial charge in [-0.25, -0.2) is 0 Å². The minimum absolute atomic E-state index is 0.0213. The Bertz CT molecular complexity index is 1850. The van der Waals surface area contributed by atoms with Crippen molar-refractivity contribution in [3.05, 3.63) is 106 Å². The summed E-state index contributed by atoms with van der Waals surface area (Å²) in [5.74, 6) is 0.0506. The third-order valence-electron chi connectivity index (χ3n) is 7.00. The molecule has 1 heterocycles. The fourth-order valence-electron chi connectivity index (χ4n) is 4.80. The third kappa shape index (κ3) is 5.27. The zero-order valence-corrected chi connectivity index (χ0v) is 23.0. The van der Waals surface area contributed by atoms with Crippen LogP contribution in [-0.2, 0) is 0 Å². The van der Waals surface area contributed by atoms with Gasteiger partial charge in [0.05, 0.1) is 26.9 Å². The van der Waals surface area contributed by atoms with Crippen molar-refractivity contribution < 1.29 is 39.1 Å². The van der Waals surface area contributed by atoms with Gasteiger partial charge in [-0.15, -0.1) is 0 Å². The van der Waals surface area contributed by atoms with E-state index in [-0.39, 0.29) is 45.1 Å². The second-order valence-corrected chi connectivity index (χ2v) is 9.46. The molecule has 0 spiro atoms. The van der Waals surface area contributed by atoms with Crippen LogP contribution in [0.1, 0.15) is 22.6 Å². The Kier molecular flexibility index (Phi) is 7.66. The summed E-state index contributed by atoms with van der Waals surface area (Å²) in [4.78, 5) is 13.5. The van der Waals surface area contributed by atoms with Crippen molar-refractivity contribution in [3.8, 4) is 51.4 Å². The molecule has 9 nitrogen and oxygen atoms in total. The topological polar surface area (TPSA) is 139 Å². The summed E-state index contributed by atoms with van der Waals surface area (Å²) in [6.07, 6.45) is 4.83. The van der Waals surface area contributed by atoms with Crippen molar-refractivity contribution in [1.82, 2.24) is 0 Å². The van der Waals surface area contributed by atoms with Crippen molar-refractivity contribution in [3.63, 3.8) is 0 Å². The van der Waals surface area contributed by atoms with E-state index in [1.54, 1.807) is 38.5 Å². The lowest BCUT2D eigenvalue weighted by Crippen LogP contribution is -2.06. The molecule has 0 aliphatic rings. The first-order valence-corrected chi connectivity index (χ1v) is 12.8. The number of ether oxygens (including phenoxy) is 3.